The van der Waals surface area contributed by atoms with E-state index >= 15 is 0 Å². The third-order valence-electron chi connectivity index (χ3n) is 5.88. The van der Waals surface area contributed by atoms with Crippen molar-refractivity contribution in [3.63, 3.8) is 0 Å². The highest BCUT2D eigenvalue weighted by atomic mass is 16.5. The fourth-order valence-electron chi connectivity index (χ4n) is 4.43. The normalized spacial score (nSPS) is 21.8. The number of Topliss-reactive ketones (excluding diaryl/α,β-unsaturated/α-hetero) is 1. The quantitative estimate of drug-likeness (QED) is 0.708. The fourth-order valence-corrected chi connectivity index (χ4v) is 4.43. The van der Waals surface area contributed by atoms with Crippen LogP contribution < -0.4 is 14.5 Å². The lowest BCUT2D eigenvalue weighted by molar-refractivity contribution is -0.792. The van der Waals surface area contributed by atoms with Gasteiger partial charge in [0, 0.05) is 18.7 Å². The summed E-state index contributed by atoms with van der Waals surface area (Å²) in [4.78, 5) is 17.1. The van der Waals surface area contributed by atoms with Crippen LogP contribution in [-0.2, 0) is 0 Å². The van der Waals surface area contributed by atoms with E-state index in [4.69, 9.17) is 9.47 Å². The Balaban J connectivity index is 1.69. The zero-order chi connectivity index (χ0) is 21.1. The first-order chi connectivity index (χ1) is 14.6. The van der Waals surface area contributed by atoms with E-state index in [-0.39, 0.29) is 29.1 Å². The van der Waals surface area contributed by atoms with Gasteiger partial charge in [-0.3, -0.25) is 4.79 Å². The maximum absolute atomic E-state index is 13.0. The number of ether oxygens (including phenoxy) is 2. The largest absolute Gasteiger partial charge is 0.628 e. The number of nitriles is 1. The average Bonchev–Trinajstić information content (AvgIpc) is 3.35. The van der Waals surface area contributed by atoms with Crippen LogP contribution in [-0.4, -0.2) is 29.5 Å². The SMILES string of the molecule is CCOc1ccc(C(CC#N)C2C(=O)c3ncccc3[NH+]2[O-])cc1OC1CCCC1. The lowest BCUT2D eigenvalue weighted by Crippen LogP contribution is -3.06. The monoisotopic (exact) mass is 407 g/mol. The summed E-state index contributed by atoms with van der Waals surface area (Å²) >= 11 is 0. The van der Waals surface area contributed by atoms with Gasteiger partial charge in [0.25, 0.3) is 0 Å². The molecule has 4 rings (SSSR count). The lowest BCUT2D eigenvalue weighted by Gasteiger charge is -2.29. The van der Waals surface area contributed by atoms with Gasteiger partial charge in [-0.25, -0.2) is 4.98 Å². The Hall–Kier alpha value is -2.95. The number of pyridine rings is 1. The Morgan fingerprint density at radius 1 is 1.30 bits per heavy atom. The average molecular weight is 407 g/mol. The van der Waals surface area contributed by atoms with Crippen molar-refractivity contribution in [3.8, 4) is 17.6 Å². The summed E-state index contributed by atoms with van der Waals surface area (Å²) in [5.41, 5.74) is 1.26. The number of nitrogens with one attached hydrogen (secondary N) is 1. The molecule has 1 aliphatic carbocycles. The van der Waals surface area contributed by atoms with Gasteiger partial charge in [0.15, 0.2) is 28.9 Å². The van der Waals surface area contributed by atoms with Gasteiger partial charge in [0.1, 0.15) is 0 Å². The Morgan fingerprint density at radius 3 is 2.80 bits per heavy atom. The molecule has 0 bridgehead atoms. The van der Waals surface area contributed by atoms with Gasteiger partial charge in [-0.15, -0.1) is 0 Å². The molecule has 30 heavy (non-hydrogen) atoms. The van der Waals surface area contributed by atoms with Crippen molar-refractivity contribution < 1.29 is 19.3 Å². The van der Waals surface area contributed by atoms with Crippen molar-refractivity contribution in [2.75, 3.05) is 6.61 Å². The number of carbonyl (C=O) groups excluding carboxylic acids is 1. The van der Waals surface area contributed by atoms with Gasteiger partial charge >= 0.3 is 0 Å². The molecule has 3 atom stereocenters. The molecule has 2 aromatic rings. The standard InChI is InChI=1S/C23H25N3O4/c1-2-29-19-10-9-15(14-20(19)30-16-6-3-4-7-16)17(11-12-24)22-23(27)21-18(26(22)28)8-5-13-25-21/h5,8-10,13-14,16-17,22,26H,2-4,6-7,11H2,1H3. The molecule has 0 radical (unpaired) electrons. The summed E-state index contributed by atoms with van der Waals surface area (Å²) in [6.45, 7) is 2.41. The minimum atomic E-state index is -0.938. The molecule has 156 valence electrons. The van der Waals surface area contributed by atoms with Crippen molar-refractivity contribution >= 4 is 11.5 Å². The van der Waals surface area contributed by atoms with Crippen LogP contribution in [0.2, 0.25) is 0 Å². The molecule has 0 amide bonds. The van der Waals surface area contributed by atoms with E-state index in [0.717, 1.165) is 31.2 Å². The Morgan fingerprint density at radius 2 is 2.10 bits per heavy atom. The van der Waals surface area contributed by atoms with E-state index in [9.17, 15) is 15.3 Å². The first-order valence-corrected chi connectivity index (χ1v) is 10.5. The third-order valence-corrected chi connectivity index (χ3v) is 5.88. The van der Waals surface area contributed by atoms with Gasteiger partial charge in [0.05, 0.1) is 24.7 Å². The molecule has 1 fully saturated rings. The molecule has 0 spiro atoms. The molecule has 2 aliphatic rings. The van der Waals surface area contributed by atoms with Crippen LogP contribution in [0.1, 0.15) is 61.0 Å². The molecule has 7 nitrogen and oxygen atoms in total. The molecule has 2 heterocycles. The number of hydrogen-bond acceptors (Lipinski definition) is 6. The molecule has 1 aliphatic heterocycles. The van der Waals surface area contributed by atoms with E-state index in [1.165, 1.54) is 6.20 Å². The van der Waals surface area contributed by atoms with Crippen molar-refractivity contribution in [1.82, 2.24) is 4.98 Å². The van der Waals surface area contributed by atoms with E-state index < -0.39 is 12.0 Å². The highest BCUT2D eigenvalue weighted by molar-refractivity contribution is 6.03. The van der Waals surface area contributed by atoms with E-state index in [0.29, 0.717) is 23.8 Å². The maximum atomic E-state index is 13.0. The highest BCUT2D eigenvalue weighted by Crippen LogP contribution is 2.37. The topological polar surface area (TPSA) is 99.7 Å². The van der Waals surface area contributed by atoms with Crippen molar-refractivity contribution in [1.29, 1.82) is 5.26 Å². The van der Waals surface area contributed by atoms with E-state index in [2.05, 4.69) is 11.1 Å². The lowest BCUT2D eigenvalue weighted by atomic mass is 9.87. The van der Waals surface area contributed by atoms with Gasteiger partial charge in [-0.05, 0) is 56.4 Å². The summed E-state index contributed by atoms with van der Waals surface area (Å²) in [5, 5.41) is 22.2. The number of hydrogen-bond donors (Lipinski definition) is 1. The minimum absolute atomic E-state index is 0.0486. The predicted octanol–water partition coefficient (Wildman–Crippen LogP) is 3.08. The molecular formula is C23H25N3O4. The summed E-state index contributed by atoms with van der Waals surface area (Å²) in [6.07, 6.45) is 5.97. The molecule has 1 saturated carbocycles. The number of hydroxylamine groups is 1. The first kappa shape index (κ1) is 20.3. The zero-order valence-corrected chi connectivity index (χ0v) is 17.0. The van der Waals surface area contributed by atoms with Crippen molar-refractivity contribution in [2.24, 2.45) is 0 Å². The third kappa shape index (κ3) is 3.76. The molecule has 1 N–H and O–H groups in total. The van der Waals surface area contributed by atoms with Crippen LogP contribution in [0.25, 0.3) is 0 Å². The second kappa shape index (κ2) is 8.82. The van der Waals surface area contributed by atoms with Crippen molar-refractivity contribution in [3.05, 3.63) is 53.0 Å². The second-order valence-corrected chi connectivity index (χ2v) is 7.74. The number of rotatable bonds is 7. The maximum Gasteiger partial charge on any atom is 0.245 e. The van der Waals surface area contributed by atoms with Gasteiger partial charge < -0.3 is 19.7 Å². The molecular weight excluding hydrogens is 382 g/mol. The number of fused-ring (bicyclic) bond motifs is 1. The van der Waals surface area contributed by atoms with Crippen LogP contribution in [0.15, 0.2) is 36.5 Å². The Bertz CT molecular complexity index is 965. The minimum Gasteiger partial charge on any atom is -0.628 e. The first-order valence-electron chi connectivity index (χ1n) is 10.5. The van der Waals surface area contributed by atoms with Gasteiger partial charge in [0.2, 0.25) is 5.78 Å². The number of nitrogens with zero attached hydrogens (tertiary/aromatic N) is 2. The number of ketones is 1. The van der Waals surface area contributed by atoms with Crippen LogP contribution in [0.4, 0.5) is 5.69 Å². The second-order valence-electron chi connectivity index (χ2n) is 7.74. The number of carbonyl (C=O) groups is 1. The number of quaternary nitrogens is 1. The Labute approximate surface area is 175 Å². The van der Waals surface area contributed by atoms with Gasteiger partial charge in [-0.1, -0.05) is 6.07 Å². The van der Waals surface area contributed by atoms with E-state index in [1.807, 2.05) is 25.1 Å². The van der Waals surface area contributed by atoms with E-state index in [1.54, 1.807) is 12.1 Å². The summed E-state index contributed by atoms with van der Waals surface area (Å²) < 4.78 is 11.9. The summed E-state index contributed by atoms with van der Waals surface area (Å²) in [6, 6.07) is 9.95. The summed E-state index contributed by atoms with van der Waals surface area (Å²) in [5.74, 6) is 0.365. The Kier molecular flexibility index (Phi) is 5.98. The van der Waals surface area contributed by atoms with Crippen LogP contribution in [0, 0.1) is 16.5 Å². The molecule has 1 aromatic carbocycles. The zero-order valence-electron chi connectivity index (χ0n) is 17.0. The van der Waals surface area contributed by atoms with Crippen molar-refractivity contribution in [2.45, 2.75) is 57.1 Å². The van der Waals surface area contributed by atoms with Gasteiger partial charge in [-0.2, -0.15) is 5.26 Å². The molecule has 7 heteroatoms. The number of aromatic nitrogens is 1. The molecule has 0 saturated heterocycles. The van der Waals surface area contributed by atoms with Crippen LogP contribution in [0.5, 0.6) is 11.5 Å². The highest BCUT2D eigenvalue weighted by Gasteiger charge is 2.45. The summed E-state index contributed by atoms with van der Waals surface area (Å²) in [7, 11) is 0. The number of benzene rings is 1. The van der Waals surface area contributed by atoms with Crippen LogP contribution >= 0.6 is 0 Å². The molecule has 3 unspecified atom stereocenters. The molecule has 1 aromatic heterocycles. The van der Waals surface area contributed by atoms with Crippen LogP contribution in [0.3, 0.4) is 0 Å². The smallest absolute Gasteiger partial charge is 0.245 e. The fraction of sp³-hybridized carbons (Fsp3) is 0.435. The predicted molar refractivity (Wildman–Crippen MR) is 110 cm³/mol.